The number of nitrogens with one attached hydrogen (secondary N) is 1. The summed E-state index contributed by atoms with van der Waals surface area (Å²) in [5, 5.41) is 3.16. The molecule has 0 spiro atoms. The molecule has 0 aliphatic rings. The largest absolute Gasteiger partial charge is 0.316 e. The highest BCUT2D eigenvalue weighted by Gasteiger charge is 2.13. The maximum absolute atomic E-state index is 13.7. The Balaban J connectivity index is 2.13. The highest BCUT2D eigenvalue weighted by Crippen LogP contribution is 2.19. The third-order valence-electron chi connectivity index (χ3n) is 3.31. The van der Waals surface area contributed by atoms with Gasteiger partial charge in [0.25, 0.3) is 0 Å². The van der Waals surface area contributed by atoms with Gasteiger partial charge in [0, 0.05) is 10.5 Å². The molecule has 0 aliphatic heterocycles. The second kappa shape index (κ2) is 6.95. The van der Waals surface area contributed by atoms with Crippen LogP contribution in [0.5, 0.6) is 0 Å². The maximum Gasteiger partial charge on any atom is 0.126 e. The predicted molar refractivity (Wildman–Crippen MR) is 80.8 cm³/mol. The fourth-order valence-corrected chi connectivity index (χ4v) is 2.62. The molecule has 0 aromatic heterocycles. The van der Waals surface area contributed by atoms with Gasteiger partial charge in [-0.05, 0) is 55.3 Å². The van der Waals surface area contributed by atoms with Gasteiger partial charge in [-0.25, -0.2) is 8.78 Å². The second-order valence-electron chi connectivity index (χ2n) is 4.72. The Hall–Kier alpha value is -1.26. The molecule has 20 heavy (non-hydrogen) atoms. The predicted octanol–water partition coefficient (Wildman–Crippen LogP) is 4.10. The molecule has 0 radical (unpaired) electrons. The smallest absolute Gasteiger partial charge is 0.126 e. The van der Waals surface area contributed by atoms with E-state index in [0.717, 1.165) is 22.5 Å². The topological polar surface area (TPSA) is 12.0 Å². The first kappa shape index (κ1) is 15.1. The molecule has 1 nitrogen and oxygen atoms in total. The molecule has 2 aromatic carbocycles. The summed E-state index contributed by atoms with van der Waals surface area (Å²) in [7, 11) is 1.83. The number of rotatable bonds is 5. The van der Waals surface area contributed by atoms with E-state index in [9.17, 15) is 8.78 Å². The molecule has 1 N–H and O–H groups in total. The van der Waals surface area contributed by atoms with Crippen LogP contribution in [0.3, 0.4) is 0 Å². The van der Waals surface area contributed by atoms with Crippen LogP contribution in [0.25, 0.3) is 0 Å². The monoisotopic (exact) mass is 339 g/mol. The average molecular weight is 340 g/mol. The molecular weight excluding hydrogens is 324 g/mol. The minimum atomic E-state index is -0.405. The maximum atomic E-state index is 13.7. The molecule has 1 unspecified atom stereocenters. The molecule has 1 atom stereocenters. The first-order valence-corrected chi connectivity index (χ1v) is 7.24. The van der Waals surface area contributed by atoms with E-state index in [1.807, 2.05) is 31.3 Å². The fraction of sp³-hybridized carbons (Fsp3) is 0.250. The molecule has 2 aromatic rings. The van der Waals surface area contributed by atoms with Crippen molar-refractivity contribution in [2.45, 2.75) is 18.9 Å². The summed E-state index contributed by atoms with van der Waals surface area (Å²) >= 11 is 3.50. The van der Waals surface area contributed by atoms with E-state index in [4.69, 9.17) is 0 Å². The van der Waals surface area contributed by atoms with Crippen molar-refractivity contribution in [3.63, 3.8) is 0 Å². The zero-order valence-electron chi connectivity index (χ0n) is 11.2. The molecule has 106 valence electrons. The van der Waals surface area contributed by atoms with Crippen LogP contribution >= 0.6 is 15.9 Å². The third-order valence-corrected chi connectivity index (χ3v) is 4.08. The summed E-state index contributed by atoms with van der Waals surface area (Å²) in [5.41, 5.74) is 1.54. The van der Waals surface area contributed by atoms with E-state index in [2.05, 4.69) is 21.2 Å². The summed E-state index contributed by atoms with van der Waals surface area (Å²) < 4.78 is 27.9. The molecule has 0 aliphatic carbocycles. The van der Waals surface area contributed by atoms with Gasteiger partial charge in [0.2, 0.25) is 0 Å². The number of benzene rings is 2. The van der Waals surface area contributed by atoms with E-state index in [1.165, 1.54) is 12.1 Å². The normalized spacial score (nSPS) is 12.4. The standard InChI is InChI=1S/C16H16BrF2N/c1-20-14(9-11-4-2-3-5-15(11)17)10-12-8-13(18)6-7-16(12)19/h2-8,14,20H,9-10H2,1H3. The number of hydrogen-bond donors (Lipinski definition) is 1. The quantitative estimate of drug-likeness (QED) is 0.864. The van der Waals surface area contributed by atoms with Crippen LogP contribution in [0.1, 0.15) is 11.1 Å². The van der Waals surface area contributed by atoms with Crippen LogP contribution in [0, 0.1) is 11.6 Å². The first-order valence-electron chi connectivity index (χ1n) is 6.44. The van der Waals surface area contributed by atoms with Gasteiger partial charge >= 0.3 is 0 Å². The number of hydrogen-bond acceptors (Lipinski definition) is 1. The average Bonchev–Trinajstić information content (AvgIpc) is 2.44. The van der Waals surface area contributed by atoms with Crippen LogP contribution in [-0.2, 0) is 12.8 Å². The Morgan fingerprint density at radius 1 is 1.05 bits per heavy atom. The summed E-state index contributed by atoms with van der Waals surface area (Å²) in [6.07, 6.45) is 1.19. The Kier molecular flexibility index (Phi) is 5.26. The van der Waals surface area contributed by atoms with Gasteiger partial charge in [-0.3, -0.25) is 0 Å². The Morgan fingerprint density at radius 3 is 2.45 bits per heavy atom. The number of halogens is 3. The van der Waals surface area contributed by atoms with Crippen LogP contribution in [0.15, 0.2) is 46.9 Å². The Morgan fingerprint density at radius 2 is 1.75 bits per heavy atom. The summed E-state index contributed by atoms with van der Waals surface area (Å²) in [4.78, 5) is 0. The lowest BCUT2D eigenvalue weighted by molar-refractivity contribution is 0.525. The zero-order valence-corrected chi connectivity index (χ0v) is 12.8. The Bertz CT molecular complexity index is 586. The van der Waals surface area contributed by atoms with Gasteiger partial charge in [0.15, 0.2) is 0 Å². The van der Waals surface area contributed by atoms with Crippen molar-refractivity contribution in [2.24, 2.45) is 0 Å². The minimum Gasteiger partial charge on any atom is -0.316 e. The minimum absolute atomic E-state index is 0.0463. The molecule has 0 saturated carbocycles. The SMILES string of the molecule is CNC(Cc1cc(F)ccc1F)Cc1ccccc1Br. The fourth-order valence-electron chi connectivity index (χ4n) is 2.17. The molecule has 2 rings (SSSR count). The van der Waals surface area contributed by atoms with Gasteiger partial charge in [0.05, 0.1) is 0 Å². The molecule has 0 bridgehead atoms. The van der Waals surface area contributed by atoms with E-state index < -0.39 is 5.82 Å². The summed E-state index contributed by atoms with van der Waals surface area (Å²) in [5.74, 6) is -0.768. The van der Waals surface area contributed by atoms with Gasteiger partial charge in [0.1, 0.15) is 11.6 Å². The lowest BCUT2D eigenvalue weighted by Crippen LogP contribution is -2.30. The molecule has 0 heterocycles. The molecule has 0 fully saturated rings. The van der Waals surface area contributed by atoms with Crippen molar-refractivity contribution in [3.05, 3.63) is 69.7 Å². The van der Waals surface area contributed by atoms with Gasteiger partial charge in [-0.2, -0.15) is 0 Å². The first-order chi connectivity index (χ1) is 9.60. The number of likely N-dealkylation sites (N-methyl/N-ethyl adjacent to an activating group) is 1. The van der Waals surface area contributed by atoms with Crippen LogP contribution in [0.4, 0.5) is 8.78 Å². The van der Waals surface area contributed by atoms with E-state index in [-0.39, 0.29) is 11.9 Å². The zero-order chi connectivity index (χ0) is 14.5. The van der Waals surface area contributed by atoms with Gasteiger partial charge in [-0.15, -0.1) is 0 Å². The van der Waals surface area contributed by atoms with E-state index >= 15 is 0 Å². The van der Waals surface area contributed by atoms with Crippen molar-refractivity contribution >= 4 is 15.9 Å². The highest BCUT2D eigenvalue weighted by molar-refractivity contribution is 9.10. The lowest BCUT2D eigenvalue weighted by atomic mass is 9.99. The van der Waals surface area contributed by atoms with E-state index in [1.54, 1.807) is 0 Å². The Labute approximate surface area is 126 Å². The molecular formula is C16H16BrF2N. The second-order valence-corrected chi connectivity index (χ2v) is 5.58. The van der Waals surface area contributed by atoms with Crippen molar-refractivity contribution in [3.8, 4) is 0 Å². The summed E-state index contributed by atoms with van der Waals surface area (Å²) in [6.45, 7) is 0. The highest BCUT2D eigenvalue weighted by atomic mass is 79.9. The third kappa shape index (κ3) is 3.87. The molecule has 4 heteroatoms. The van der Waals surface area contributed by atoms with Crippen molar-refractivity contribution in [2.75, 3.05) is 7.05 Å². The molecule has 0 amide bonds. The lowest BCUT2D eigenvalue weighted by Gasteiger charge is -2.17. The van der Waals surface area contributed by atoms with Crippen LogP contribution < -0.4 is 5.32 Å². The van der Waals surface area contributed by atoms with Gasteiger partial charge < -0.3 is 5.32 Å². The summed E-state index contributed by atoms with van der Waals surface area (Å²) in [6, 6.07) is 11.5. The molecule has 0 saturated heterocycles. The van der Waals surface area contributed by atoms with E-state index in [0.29, 0.717) is 12.0 Å². The van der Waals surface area contributed by atoms with Crippen LogP contribution in [-0.4, -0.2) is 13.1 Å². The van der Waals surface area contributed by atoms with Crippen LogP contribution in [0.2, 0.25) is 0 Å². The van der Waals surface area contributed by atoms with Crippen molar-refractivity contribution in [1.29, 1.82) is 0 Å². The van der Waals surface area contributed by atoms with Crippen molar-refractivity contribution < 1.29 is 8.78 Å². The van der Waals surface area contributed by atoms with Crippen molar-refractivity contribution in [1.82, 2.24) is 5.32 Å². The van der Waals surface area contributed by atoms with Gasteiger partial charge in [-0.1, -0.05) is 34.1 Å².